The fourth-order valence-electron chi connectivity index (χ4n) is 3.44. The van der Waals surface area contributed by atoms with Gasteiger partial charge in [0.05, 0.1) is 5.92 Å². The minimum atomic E-state index is -0.618. The third-order valence-corrected chi connectivity index (χ3v) is 5.02. The number of hydrogen-bond donors (Lipinski definition) is 0. The van der Waals surface area contributed by atoms with E-state index < -0.39 is 6.10 Å². The Balaban J connectivity index is 1.17. The molecule has 0 unspecified atom stereocenters. The van der Waals surface area contributed by atoms with E-state index in [4.69, 9.17) is 14.0 Å². The Morgan fingerprint density at radius 2 is 1.79 bits per heavy atom. The maximum absolute atomic E-state index is 12.7. The summed E-state index contributed by atoms with van der Waals surface area (Å²) in [5.74, 6) is 2.51. The number of ether oxygens (including phenoxy) is 2. The summed E-state index contributed by atoms with van der Waals surface area (Å²) in [5, 5.41) is 4.06. The Kier molecular flexibility index (Phi) is 4.20. The molecular formula is C21H19N3O4. The van der Waals surface area contributed by atoms with Gasteiger partial charge in [-0.05, 0) is 17.7 Å². The molecule has 142 valence electrons. The monoisotopic (exact) mass is 377 g/mol. The van der Waals surface area contributed by atoms with Crippen LogP contribution in [-0.4, -0.2) is 46.7 Å². The molecule has 0 bridgehead atoms. The fourth-order valence-corrected chi connectivity index (χ4v) is 3.44. The SMILES string of the molecule is O=C([C@@H]1COc2ccccc2O1)N1CC(c2nc(Cc3ccccc3)no2)C1. The van der Waals surface area contributed by atoms with E-state index >= 15 is 0 Å². The third-order valence-electron chi connectivity index (χ3n) is 5.02. The molecular weight excluding hydrogens is 358 g/mol. The van der Waals surface area contributed by atoms with Crippen molar-refractivity contribution in [2.24, 2.45) is 0 Å². The lowest BCUT2D eigenvalue weighted by molar-refractivity contribution is -0.146. The molecule has 7 heteroatoms. The Hall–Kier alpha value is -3.35. The molecule has 1 atom stereocenters. The second-order valence-corrected chi connectivity index (χ2v) is 7.02. The number of benzene rings is 2. The highest BCUT2D eigenvalue weighted by molar-refractivity contribution is 5.82. The van der Waals surface area contributed by atoms with Gasteiger partial charge in [0, 0.05) is 19.5 Å². The van der Waals surface area contributed by atoms with Crippen molar-refractivity contribution in [3.8, 4) is 11.5 Å². The zero-order valence-corrected chi connectivity index (χ0v) is 15.2. The van der Waals surface area contributed by atoms with Crippen LogP contribution in [0, 0.1) is 0 Å². The highest BCUT2D eigenvalue weighted by Crippen LogP contribution is 2.33. The zero-order chi connectivity index (χ0) is 18.9. The maximum atomic E-state index is 12.7. The van der Waals surface area contributed by atoms with Crippen LogP contribution in [0.4, 0.5) is 0 Å². The van der Waals surface area contributed by atoms with Gasteiger partial charge in [-0.25, -0.2) is 0 Å². The number of para-hydroxylation sites is 2. The predicted molar refractivity (Wildman–Crippen MR) is 99.2 cm³/mol. The molecule has 2 aliphatic rings. The lowest BCUT2D eigenvalue weighted by Crippen LogP contribution is -2.55. The van der Waals surface area contributed by atoms with Gasteiger partial charge in [-0.2, -0.15) is 4.98 Å². The molecule has 1 fully saturated rings. The molecule has 1 amide bonds. The summed E-state index contributed by atoms with van der Waals surface area (Å²) in [6.45, 7) is 1.32. The largest absolute Gasteiger partial charge is 0.485 e. The molecule has 0 saturated carbocycles. The molecule has 1 saturated heterocycles. The van der Waals surface area contributed by atoms with Crippen molar-refractivity contribution in [3.63, 3.8) is 0 Å². The van der Waals surface area contributed by atoms with Gasteiger partial charge in [0.25, 0.3) is 5.91 Å². The normalized spacial score (nSPS) is 18.6. The summed E-state index contributed by atoms with van der Waals surface area (Å²) in [6.07, 6.45) is 0.0130. The van der Waals surface area contributed by atoms with Crippen molar-refractivity contribution in [1.29, 1.82) is 0 Å². The molecule has 3 heterocycles. The van der Waals surface area contributed by atoms with Crippen molar-refractivity contribution in [1.82, 2.24) is 15.0 Å². The van der Waals surface area contributed by atoms with Gasteiger partial charge in [-0.1, -0.05) is 47.6 Å². The molecule has 0 spiro atoms. The van der Waals surface area contributed by atoms with E-state index in [2.05, 4.69) is 10.1 Å². The number of rotatable bonds is 4. The maximum Gasteiger partial charge on any atom is 0.267 e. The molecule has 1 aromatic heterocycles. The lowest BCUT2D eigenvalue weighted by Gasteiger charge is -2.39. The summed E-state index contributed by atoms with van der Waals surface area (Å²) < 4.78 is 16.8. The Morgan fingerprint density at radius 1 is 1.04 bits per heavy atom. The number of carbonyl (C=O) groups excluding carboxylic acids is 1. The molecule has 28 heavy (non-hydrogen) atoms. The van der Waals surface area contributed by atoms with Gasteiger partial charge >= 0.3 is 0 Å². The number of aromatic nitrogens is 2. The van der Waals surface area contributed by atoms with Crippen LogP contribution in [0.5, 0.6) is 11.5 Å². The van der Waals surface area contributed by atoms with Crippen LogP contribution in [0.2, 0.25) is 0 Å². The van der Waals surface area contributed by atoms with Crippen LogP contribution in [0.15, 0.2) is 59.1 Å². The number of amides is 1. The number of nitrogens with zero attached hydrogens (tertiary/aromatic N) is 3. The van der Waals surface area contributed by atoms with E-state index in [1.54, 1.807) is 11.0 Å². The predicted octanol–water partition coefficient (Wildman–Crippen LogP) is 2.43. The summed E-state index contributed by atoms with van der Waals surface area (Å²) in [4.78, 5) is 18.9. The minimum absolute atomic E-state index is 0.0674. The summed E-state index contributed by atoms with van der Waals surface area (Å²) in [5.41, 5.74) is 1.13. The molecule has 5 rings (SSSR count). The van der Waals surface area contributed by atoms with Gasteiger partial charge in [-0.3, -0.25) is 4.79 Å². The van der Waals surface area contributed by atoms with Crippen LogP contribution < -0.4 is 9.47 Å². The Labute approximate surface area is 161 Å². The van der Waals surface area contributed by atoms with E-state index in [9.17, 15) is 4.79 Å². The summed E-state index contributed by atoms with van der Waals surface area (Å²) in [7, 11) is 0. The van der Waals surface area contributed by atoms with Crippen molar-refractivity contribution < 1.29 is 18.8 Å². The second-order valence-electron chi connectivity index (χ2n) is 7.02. The summed E-state index contributed by atoms with van der Waals surface area (Å²) in [6, 6.07) is 17.4. The van der Waals surface area contributed by atoms with Gasteiger partial charge in [0.15, 0.2) is 17.3 Å². The van der Waals surface area contributed by atoms with Crippen molar-refractivity contribution in [3.05, 3.63) is 71.9 Å². The zero-order valence-electron chi connectivity index (χ0n) is 15.2. The second kappa shape index (κ2) is 6.99. The van der Waals surface area contributed by atoms with Gasteiger partial charge in [0.1, 0.15) is 6.61 Å². The van der Waals surface area contributed by atoms with Crippen LogP contribution in [0.25, 0.3) is 0 Å². The van der Waals surface area contributed by atoms with Crippen LogP contribution in [0.3, 0.4) is 0 Å². The molecule has 3 aromatic rings. The first kappa shape index (κ1) is 16.8. The molecule has 2 aliphatic heterocycles. The van der Waals surface area contributed by atoms with E-state index in [-0.39, 0.29) is 18.4 Å². The average molecular weight is 377 g/mol. The van der Waals surface area contributed by atoms with Gasteiger partial charge in [-0.15, -0.1) is 0 Å². The van der Waals surface area contributed by atoms with Crippen molar-refractivity contribution in [2.45, 2.75) is 18.4 Å². The molecule has 0 N–H and O–H groups in total. The highest BCUT2D eigenvalue weighted by atomic mass is 16.6. The Morgan fingerprint density at radius 3 is 2.61 bits per heavy atom. The molecule has 0 aliphatic carbocycles. The standard InChI is InChI=1S/C21H19N3O4/c25-21(18-13-26-16-8-4-5-9-17(16)27-18)24-11-15(12-24)20-22-19(23-28-20)10-14-6-2-1-3-7-14/h1-9,15,18H,10-13H2/t18-/m0/s1. The van der Waals surface area contributed by atoms with Crippen LogP contribution in [0.1, 0.15) is 23.2 Å². The number of fused-ring (bicyclic) bond motifs is 1. The van der Waals surface area contributed by atoms with Crippen LogP contribution in [-0.2, 0) is 11.2 Å². The Bertz CT molecular complexity index is 982. The van der Waals surface area contributed by atoms with E-state index in [1.165, 1.54) is 0 Å². The number of hydrogen-bond acceptors (Lipinski definition) is 6. The quantitative estimate of drug-likeness (QED) is 0.695. The third kappa shape index (κ3) is 3.19. The number of carbonyl (C=O) groups is 1. The van der Waals surface area contributed by atoms with E-state index in [0.29, 0.717) is 42.7 Å². The fraction of sp³-hybridized carbons (Fsp3) is 0.286. The molecule has 2 aromatic carbocycles. The summed E-state index contributed by atoms with van der Waals surface area (Å²) >= 11 is 0. The number of likely N-dealkylation sites (tertiary alicyclic amines) is 1. The first-order valence-corrected chi connectivity index (χ1v) is 9.30. The topological polar surface area (TPSA) is 77.7 Å². The van der Waals surface area contributed by atoms with Gasteiger partial charge in [0.2, 0.25) is 12.0 Å². The van der Waals surface area contributed by atoms with Crippen molar-refractivity contribution >= 4 is 5.91 Å². The van der Waals surface area contributed by atoms with E-state index in [0.717, 1.165) is 5.56 Å². The average Bonchev–Trinajstić information content (AvgIpc) is 3.15. The first-order valence-electron chi connectivity index (χ1n) is 9.30. The van der Waals surface area contributed by atoms with Crippen LogP contribution >= 0.6 is 0 Å². The first-order chi connectivity index (χ1) is 13.8. The van der Waals surface area contributed by atoms with Crippen molar-refractivity contribution in [2.75, 3.05) is 19.7 Å². The minimum Gasteiger partial charge on any atom is -0.485 e. The van der Waals surface area contributed by atoms with E-state index in [1.807, 2.05) is 48.5 Å². The lowest BCUT2D eigenvalue weighted by atomic mass is 9.99. The van der Waals surface area contributed by atoms with Gasteiger partial charge < -0.3 is 18.9 Å². The smallest absolute Gasteiger partial charge is 0.267 e. The molecule has 7 nitrogen and oxygen atoms in total. The highest BCUT2D eigenvalue weighted by Gasteiger charge is 2.40. The molecule has 0 radical (unpaired) electrons.